The highest BCUT2D eigenvalue weighted by atomic mass is 79.9. The number of fused-ring (bicyclic) bond motifs is 1. The van der Waals surface area contributed by atoms with E-state index in [1.165, 1.54) is 22.7 Å². The Morgan fingerprint density at radius 2 is 1.92 bits per heavy atom. The number of nitrogens with zero attached hydrogens (tertiary/aromatic N) is 3. The molecular formula is C28H33BrN4O3. The molecule has 2 saturated heterocycles. The van der Waals surface area contributed by atoms with Gasteiger partial charge in [0.25, 0.3) is 5.91 Å². The van der Waals surface area contributed by atoms with Crippen LogP contribution in [0.2, 0.25) is 0 Å². The molecule has 2 atom stereocenters. The first kappa shape index (κ1) is 25.3. The third-order valence-corrected chi connectivity index (χ3v) is 7.96. The summed E-state index contributed by atoms with van der Waals surface area (Å²) >= 11 is 3.53. The molecule has 190 valence electrons. The fourth-order valence-electron chi connectivity index (χ4n) is 5.29. The van der Waals surface area contributed by atoms with E-state index in [-0.39, 0.29) is 12.0 Å². The molecule has 0 saturated carbocycles. The molecule has 8 heteroatoms. The lowest BCUT2D eigenvalue weighted by Gasteiger charge is -2.38. The number of amides is 1. The Kier molecular flexibility index (Phi) is 7.96. The van der Waals surface area contributed by atoms with Gasteiger partial charge in [0, 0.05) is 55.3 Å². The molecule has 3 aromatic rings. The van der Waals surface area contributed by atoms with Crippen LogP contribution in [0.1, 0.15) is 46.6 Å². The molecule has 2 aliphatic rings. The predicted molar refractivity (Wildman–Crippen MR) is 143 cm³/mol. The monoisotopic (exact) mass is 552 g/mol. The van der Waals surface area contributed by atoms with E-state index >= 15 is 0 Å². The van der Waals surface area contributed by atoms with Crippen molar-refractivity contribution in [3.05, 3.63) is 69.7 Å². The maximum absolute atomic E-state index is 13.4. The number of carbonyl (C=O) groups excluding carboxylic acids is 1. The number of benzene rings is 2. The normalized spacial score (nSPS) is 21.1. The molecule has 2 fully saturated rings. The second-order valence-corrected chi connectivity index (χ2v) is 10.7. The molecule has 0 unspecified atom stereocenters. The number of hydrogen-bond donors (Lipinski definition) is 1. The van der Waals surface area contributed by atoms with E-state index in [1.54, 1.807) is 7.11 Å². The first-order chi connectivity index (χ1) is 17.5. The van der Waals surface area contributed by atoms with Crippen molar-refractivity contribution in [1.82, 2.24) is 20.2 Å². The first-order valence-electron chi connectivity index (χ1n) is 12.7. The lowest BCUT2D eigenvalue weighted by molar-refractivity contribution is -0.0533. The SMILES string of the molecule is CO[C@H]1COCC[C@H]1NC1CCN(C(=O)c2ncnc(Cc3ccc4cc(Br)ccc4c3)c2C)CC1. The van der Waals surface area contributed by atoms with Crippen LogP contribution in [0.4, 0.5) is 0 Å². The van der Waals surface area contributed by atoms with Crippen molar-refractivity contribution < 1.29 is 14.3 Å². The number of methoxy groups -OCH3 is 1. The van der Waals surface area contributed by atoms with Gasteiger partial charge in [0.15, 0.2) is 0 Å². The standard InChI is InChI=1S/C28H33BrN4O3/c1-18-25(14-19-3-4-21-15-22(29)6-5-20(21)13-19)30-17-31-27(18)28(34)33-10-7-23(8-11-33)32-24-9-12-36-16-26(24)35-2/h3-6,13,15,17,23-24,26,32H,7-12,14,16H2,1-2H3/t24-,26+/m1/s1. The van der Waals surface area contributed by atoms with Crippen LogP contribution in [0.5, 0.6) is 0 Å². The maximum atomic E-state index is 13.4. The Hall–Kier alpha value is -2.39. The summed E-state index contributed by atoms with van der Waals surface area (Å²) < 4.78 is 12.2. The number of hydrogen-bond acceptors (Lipinski definition) is 6. The first-order valence-corrected chi connectivity index (χ1v) is 13.5. The number of likely N-dealkylation sites (tertiary alicyclic amines) is 1. The zero-order chi connectivity index (χ0) is 25.1. The summed E-state index contributed by atoms with van der Waals surface area (Å²) in [5.41, 5.74) is 3.44. The zero-order valence-corrected chi connectivity index (χ0v) is 22.5. The summed E-state index contributed by atoms with van der Waals surface area (Å²) in [5, 5.41) is 6.13. The van der Waals surface area contributed by atoms with Gasteiger partial charge in [0.1, 0.15) is 12.0 Å². The lowest BCUT2D eigenvalue weighted by Crippen LogP contribution is -2.54. The fraction of sp³-hybridized carbons (Fsp3) is 0.464. The molecule has 0 aliphatic carbocycles. The second kappa shape index (κ2) is 11.3. The molecular weight excluding hydrogens is 520 g/mol. The van der Waals surface area contributed by atoms with Crippen molar-refractivity contribution in [3.8, 4) is 0 Å². The molecule has 0 bridgehead atoms. The average Bonchev–Trinajstić information content (AvgIpc) is 2.90. The van der Waals surface area contributed by atoms with Gasteiger partial charge in [-0.2, -0.15) is 0 Å². The summed E-state index contributed by atoms with van der Waals surface area (Å²) in [4.78, 5) is 24.3. The van der Waals surface area contributed by atoms with Crippen LogP contribution in [0.25, 0.3) is 10.8 Å². The lowest BCUT2D eigenvalue weighted by atomic mass is 9.99. The van der Waals surface area contributed by atoms with Gasteiger partial charge in [0.05, 0.1) is 18.4 Å². The third-order valence-electron chi connectivity index (χ3n) is 7.47. The van der Waals surface area contributed by atoms with E-state index in [9.17, 15) is 4.79 Å². The minimum atomic E-state index is -0.00111. The highest BCUT2D eigenvalue weighted by molar-refractivity contribution is 9.10. The van der Waals surface area contributed by atoms with E-state index in [0.29, 0.717) is 30.8 Å². The Bertz CT molecular complexity index is 1230. The zero-order valence-electron chi connectivity index (χ0n) is 20.9. The average molecular weight is 554 g/mol. The molecule has 36 heavy (non-hydrogen) atoms. The molecule has 7 nitrogen and oxygen atoms in total. The van der Waals surface area contributed by atoms with Crippen molar-refractivity contribution in [2.24, 2.45) is 0 Å². The quantitative estimate of drug-likeness (QED) is 0.491. The van der Waals surface area contributed by atoms with Crippen LogP contribution < -0.4 is 5.32 Å². The van der Waals surface area contributed by atoms with Crippen molar-refractivity contribution in [3.63, 3.8) is 0 Å². The number of piperidine rings is 1. The number of rotatable bonds is 6. The molecule has 0 radical (unpaired) electrons. The van der Waals surface area contributed by atoms with E-state index < -0.39 is 0 Å². The van der Waals surface area contributed by atoms with Crippen LogP contribution in [0.3, 0.4) is 0 Å². The van der Waals surface area contributed by atoms with Gasteiger partial charge in [-0.15, -0.1) is 0 Å². The Morgan fingerprint density at radius 3 is 2.72 bits per heavy atom. The number of aromatic nitrogens is 2. The Balaban J connectivity index is 1.23. The molecule has 1 amide bonds. The van der Waals surface area contributed by atoms with Gasteiger partial charge in [-0.25, -0.2) is 9.97 Å². The molecule has 3 heterocycles. The molecule has 2 aliphatic heterocycles. The number of nitrogens with one attached hydrogen (secondary N) is 1. The summed E-state index contributed by atoms with van der Waals surface area (Å²) in [5.74, 6) is -0.00111. The number of carbonyl (C=O) groups is 1. The maximum Gasteiger partial charge on any atom is 0.272 e. The molecule has 2 aromatic carbocycles. The smallest absolute Gasteiger partial charge is 0.272 e. The minimum absolute atomic E-state index is 0.00111. The van der Waals surface area contributed by atoms with Gasteiger partial charge >= 0.3 is 0 Å². The van der Waals surface area contributed by atoms with E-state index in [1.807, 2.05) is 11.8 Å². The van der Waals surface area contributed by atoms with Crippen molar-refractivity contribution in [1.29, 1.82) is 0 Å². The van der Waals surface area contributed by atoms with Crippen LogP contribution >= 0.6 is 15.9 Å². The van der Waals surface area contributed by atoms with Crippen LogP contribution in [-0.2, 0) is 15.9 Å². The van der Waals surface area contributed by atoms with Crippen molar-refractivity contribution >= 4 is 32.6 Å². The minimum Gasteiger partial charge on any atom is -0.379 e. The highest BCUT2D eigenvalue weighted by Gasteiger charge is 2.31. The second-order valence-electron chi connectivity index (χ2n) is 9.77. The van der Waals surface area contributed by atoms with E-state index in [2.05, 4.69) is 67.6 Å². The highest BCUT2D eigenvalue weighted by Crippen LogP contribution is 2.24. The van der Waals surface area contributed by atoms with Crippen molar-refractivity contribution in [2.75, 3.05) is 33.4 Å². The molecule has 1 aromatic heterocycles. The van der Waals surface area contributed by atoms with Gasteiger partial charge in [-0.05, 0) is 54.7 Å². The molecule has 5 rings (SSSR count). The van der Waals surface area contributed by atoms with Crippen molar-refractivity contribution in [2.45, 2.75) is 50.8 Å². The topological polar surface area (TPSA) is 76.6 Å². The summed E-state index contributed by atoms with van der Waals surface area (Å²) in [6, 6.07) is 13.4. The van der Waals surface area contributed by atoms with Gasteiger partial charge in [-0.3, -0.25) is 4.79 Å². The summed E-state index contributed by atoms with van der Waals surface area (Å²) in [7, 11) is 1.74. The van der Waals surface area contributed by atoms with Gasteiger partial charge in [-0.1, -0.05) is 40.2 Å². The van der Waals surface area contributed by atoms with Crippen LogP contribution in [0, 0.1) is 6.92 Å². The number of halogens is 1. The van der Waals surface area contributed by atoms with Crippen LogP contribution in [-0.4, -0.2) is 72.4 Å². The van der Waals surface area contributed by atoms with E-state index in [4.69, 9.17) is 9.47 Å². The largest absolute Gasteiger partial charge is 0.379 e. The summed E-state index contributed by atoms with van der Waals surface area (Å²) in [6.07, 6.45) is 5.07. The molecule has 1 N–H and O–H groups in total. The summed E-state index contributed by atoms with van der Waals surface area (Å²) in [6.45, 7) is 4.80. The fourth-order valence-corrected chi connectivity index (χ4v) is 5.67. The third kappa shape index (κ3) is 5.62. The Labute approximate surface area is 220 Å². The van der Waals surface area contributed by atoms with Gasteiger partial charge < -0.3 is 19.7 Å². The van der Waals surface area contributed by atoms with Crippen LogP contribution in [0.15, 0.2) is 47.2 Å². The van der Waals surface area contributed by atoms with E-state index in [0.717, 1.165) is 54.7 Å². The predicted octanol–water partition coefficient (Wildman–Crippen LogP) is 4.29. The van der Waals surface area contributed by atoms with Gasteiger partial charge in [0.2, 0.25) is 0 Å². The Morgan fingerprint density at radius 1 is 1.14 bits per heavy atom. The molecule has 0 spiro atoms. The number of ether oxygens (including phenoxy) is 2.